The molecule has 2 unspecified atom stereocenters. The number of esters is 1. The number of fused-ring (bicyclic) bond motifs is 1. The van der Waals surface area contributed by atoms with Crippen LogP contribution >= 0.6 is 0 Å². The van der Waals surface area contributed by atoms with Crippen molar-refractivity contribution in [1.29, 1.82) is 0 Å². The number of hydrogen-bond acceptors (Lipinski definition) is 7. The molecule has 1 amide bonds. The molecule has 1 aliphatic rings. The largest absolute Gasteiger partial charge is 0.458 e. The number of carbonyl (C=O) groups is 2. The van der Waals surface area contributed by atoms with Crippen LogP contribution in [-0.4, -0.2) is 55.3 Å². The predicted octanol–water partition coefficient (Wildman–Crippen LogP) is 3.14. The van der Waals surface area contributed by atoms with Gasteiger partial charge in [0.15, 0.2) is 5.65 Å². The quantitative estimate of drug-likeness (QED) is 0.747. The maximum atomic E-state index is 12.9. The van der Waals surface area contributed by atoms with E-state index in [1.807, 2.05) is 20.8 Å². The van der Waals surface area contributed by atoms with Crippen molar-refractivity contribution in [2.45, 2.75) is 77.5 Å². The summed E-state index contributed by atoms with van der Waals surface area (Å²) in [6.07, 6.45) is 2.21. The monoisotopic (exact) mass is 417 g/mol. The maximum absolute atomic E-state index is 12.9. The van der Waals surface area contributed by atoms with Gasteiger partial charge in [-0.2, -0.15) is 9.61 Å². The molecule has 2 atom stereocenters. The highest BCUT2D eigenvalue weighted by Gasteiger charge is 2.41. The molecule has 1 aliphatic heterocycles. The Morgan fingerprint density at radius 3 is 2.40 bits per heavy atom. The summed E-state index contributed by atoms with van der Waals surface area (Å²) < 4.78 is 12.7. The molecule has 30 heavy (non-hydrogen) atoms. The first-order chi connectivity index (χ1) is 13.8. The van der Waals surface area contributed by atoms with E-state index in [2.05, 4.69) is 10.1 Å². The lowest BCUT2D eigenvalue weighted by atomic mass is 9.90. The number of amides is 1. The number of likely N-dealkylation sites (tertiary alicyclic amines) is 1. The van der Waals surface area contributed by atoms with Crippen molar-refractivity contribution in [3.63, 3.8) is 0 Å². The Morgan fingerprint density at radius 1 is 1.10 bits per heavy atom. The second-order valence-corrected chi connectivity index (χ2v) is 9.66. The summed E-state index contributed by atoms with van der Waals surface area (Å²) in [5.74, 6) is -0.0398. The van der Waals surface area contributed by atoms with Crippen LogP contribution < -0.4 is 5.73 Å². The van der Waals surface area contributed by atoms with E-state index in [-0.39, 0.29) is 12.5 Å². The average molecular weight is 418 g/mol. The van der Waals surface area contributed by atoms with E-state index in [4.69, 9.17) is 15.2 Å². The van der Waals surface area contributed by atoms with Gasteiger partial charge in [-0.05, 0) is 54.4 Å². The van der Waals surface area contributed by atoms with Gasteiger partial charge in [0.2, 0.25) is 0 Å². The third kappa shape index (κ3) is 5.01. The summed E-state index contributed by atoms with van der Waals surface area (Å²) in [6, 6.07) is 2.84. The molecule has 0 aliphatic carbocycles. The lowest BCUT2D eigenvalue weighted by Crippen LogP contribution is -2.53. The Kier molecular flexibility index (Phi) is 5.66. The molecule has 3 rings (SSSR count). The molecule has 9 heteroatoms. The Balaban J connectivity index is 1.88. The molecule has 3 heterocycles. The minimum absolute atomic E-state index is 0.0848. The number of nitrogens with two attached hydrogens (primary N) is 1. The predicted molar refractivity (Wildman–Crippen MR) is 112 cm³/mol. The number of rotatable bonds is 2. The van der Waals surface area contributed by atoms with Gasteiger partial charge in [0.1, 0.15) is 23.1 Å². The van der Waals surface area contributed by atoms with Crippen molar-refractivity contribution < 1.29 is 19.1 Å². The molecule has 0 aromatic carbocycles. The van der Waals surface area contributed by atoms with Crippen LogP contribution in [0.4, 0.5) is 10.6 Å². The van der Waals surface area contributed by atoms with Gasteiger partial charge in [0.25, 0.3) is 0 Å². The number of piperidine rings is 1. The van der Waals surface area contributed by atoms with Gasteiger partial charge in [-0.15, -0.1) is 0 Å². The summed E-state index contributed by atoms with van der Waals surface area (Å²) in [4.78, 5) is 31.9. The Bertz CT molecular complexity index is 941. The SMILES string of the molecule is CC(C)(C)OC(=O)C1CCC(c2cc(N)n3nccc3n2)CN1C(=O)OC(C)(C)C. The van der Waals surface area contributed by atoms with Crippen molar-refractivity contribution in [2.75, 3.05) is 12.3 Å². The van der Waals surface area contributed by atoms with Gasteiger partial charge in [-0.25, -0.2) is 14.6 Å². The molecule has 2 N–H and O–H groups in total. The van der Waals surface area contributed by atoms with Crippen LogP contribution in [0, 0.1) is 0 Å². The molecule has 0 spiro atoms. The van der Waals surface area contributed by atoms with E-state index in [1.165, 1.54) is 4.90 Å². The molecule has 1 fully saturated rings. The van der Waals surface area contributed by atoms with Crippen molar-refractivity contribution in [3.05, 3.63) is 24.0 Å². The summed E-state index contributed by atoms with van der Waals surface area (Å²) >= 11 is 0. The van der Waals surface area contributed by atoms with E-state index in [9.17, 15) is 9.59 Å². The van der Waals surface area contributed by atoms with Gasteiger partial charge >= 0.3 is 12.1 Å². The number of nitrogen functional groups attached to an aromatic ring is 1. The van der Waals surface area contributed by atoms with E-state index in [0.29, 0.717) is 24.3 Å². The molecular weight excluding hydrogens is 386 g/mol. The first-order valence-corrected chi connectivity index (χ1v) is 10.2. The first-order valence-electron chi connectivity index (χ1n) is 10.2. The van der Waals surface area contributed by atoms with E-state index < -0.39 is 29.3 Å². The normalized spacial score (nSPS) is 20.3. The third-order valence-corrected chi connectivity index (χ3v) is 4.71. The molecule has 2 aromatic rings. The van der Waals surface area contributed by atoms with Crippen molar-refractivity contribution >= 4 is 23.5 Å². The van der Waals surface area contributed by atoms with Gasteiger partial charge in [0, 0.05) is 24.6 Å². The topological polar surface area (TPSA) is 112 Å². The van der Waals surface area contributed by atoms with Gasteiger partial charge < -0.3 is 15.2 Å². The van der Waals surface area contributed by atoms with E-state index >= 15 is 0 Å². The zero-order chi connectivity index (χ0) is 22.3. The van der Waals surface area contributed by atoms with Gasteiger partial charge in [-0.3, -0.25) is 4.90 Å². The standard InChI is InChI=1S/C21H31N5O4/c1-20(2,3)29-18(27)15-8-7-13(12-25(15)19(28)30-21(4,5)6)14-11-16(22)26-17(24-14)9-10-23-26/h9-11,13,15H,7-8,12,22H2,1-6H3. The molecule has 0 bridgehead atoms. The summed E-state index contributed by atoms with van der Waals surface area (Å²) in [5, 5.41) is 4.14. The zero-order valence-electron chi connectivity index (χ0n) is 18.5. The van der Waals surface area contributed by atoms with Crippen LogP contribution in [0.25, 0.3) is 5.65 Å². The average Bonchev–Trinajstić information content (AvgIpc) is 3.07. The van der Waals surface area contributed by atoms with E-state index in [1.54, 1.807) is 43.6 Å². The smallest absolute Gasteiger partial charge is 0.411 e. The second kappa shape index (κ2) is 7.77. The van der Waals surface area contributed by atoms with Crippen LogP contribution in [0.1, 0.15) is 66.0 Å². The number of aromatic nitrogens is 3. The minimum atomic E-state index is -0.702. The van der Waals surface area contributed by atoms with Gasteiger partial charge in [-0.1, -0.05) is 0 Å². The second-order valence-electron chi connectivity index (χ2n) is 9.66. The van der Waals surface area contributed by atoms with Crippen LogP contribution in [0.2, 0.25) is 0 Å². The molecule has 1 saturated heterocycles. The van der Waals surface area contributed by atoms with Crippen LogP contribution in [0.3, 0.4) is 0 Å². The molecule has 9 nitrogen and oxygen atoms in total. The Morgan fingerprint density at radius 2 is 1.77 bits per heavy atom. The van der Waals surface area contributed by atoms with Crippen molar-refractivity contribution in [1.82, 2.24) is 19.5 Å². The zero-order valence-corrected chi connectivity index (χ0v) is 18.5. The first kappa shape index (κ1) is 21.9. The highest BCUT2D eigenvalue weighted by molar-refractivity contribution is 5.82. The van der Waals surface area contributed by atoms with Gasteiger partial charge in [0.05, 0.1) is 11.9 Å². The highest BCUT2D eigenvalue weighted by atomic mass is 16.6. The molecule has 164 valence electrons. The maximum Gasteiger partial charge on any atom is 0.411 e. The summed E-state index contributed by atoms with van der Waals surface area (Å²) in [5.41, 5.74) is 6.19. The number of carbonyl (C=O) groups excluding carboxylic acids is 2. The number of hydrogen-bond donors (Lipinski definition) is 1. The highest BCUT2D eigenvalue weighted by Crippen LogP contribution is 2.32. The van der Waals surface area contributed by atoms with Crippen LogP contribution in [-0.2, 0) is 14.3 Å². The fourth-order valence-electron chi connectivity index (χ4n) is 3.52. The third-order valence-electron chi connectivity index (χ3n) is 4.71. The summed E-state index contributed by atoms with van der Waals surface area (Å²) in [6.45, 7) is 11.1. The van der Waals surface area contributed by atoms with Crippen LogP contribution in [0.5, 0.6) is 0 Å². The lowest BCUT2D eigenvalue weighted by molar-refractivity contribution is -0.162. The molecule has 0 radical (unpaired) electrons. The number of nitrogens with zero attached hydrogens (tertiary/aromatic N) is 4. The number of ether oxygens (including phenoxy) is 2. The molecule has 0 saturated carbocycles. The fourth-order valence-corrected chi connectivity index (χ4v) is 3.52. The number of anilines is 1. The molecular formula is C21H31N5O4. The van der Waals surface area contributed by atoms with E-state index in [0.717, 1.165) is 5.69 Å². The fraction of sp³-hybridized carbons (Fsp3) is 0.619. The van der Waals surface area contributed by atoms with Crippen LogP contribution in [0.15, 0.2) is 18.3 Å². The minimum Gasteiger partial charge on any atom is -0.458 e. The Hall–Kier alpha value is -2.84. The van der Waals surface area contributed by atoms with Crippen molar-refractivity contribution in [2.24, 2.45) is 0 Å². The lowest BCUT2D eigenvalue weighted by Gasteiger charge is -2.39. The summed E-state index contributed by atoms with van der Waals surface area (Å²) in [7, 11) is 0. The van der Waals surface area contributed by atoms with Crippen molar-refractivity contribution in [3.8, 4) is 0 Å². The molecule has 2 aromatic heterocycles. The Labute approximate surface area is 176 Å².